The molecule has 17 heteroatoms. The molecule has 7 atom stereocenters. The van der Waals surface area contributed by atoms with Crippen LogP contribution in [0.4, 0.5) is 13.2 Å². The first-order valence-corrected chi connectivity index (χ1v) is 17.5. The van der Waals surface area contributed by atoms with E-state index in [1.165, 1.54) is 14.0 Å². The first-order valence-electron chi connectivity index (χ1n) is 16.5. The van der Waals surface area contributed by atoms with Gasteiger partial charge >= 0.3 is 24.0 Å². The van der Waals surface area contributed by atoms with Crippen molar-refractivity contribution in [1.29, 1.82) is 5.26 Å². The Morgan fingerprint density at radius 3 is 2.58 bits per heavy atom. The van der Waals surface area contributed by atoms with E-state index in [4.69, 9.17) is 23.7 Å². The first kappa shape index (κ1) is 35.7. The minimum absolute atomic E-state index is 0.104. The Morgan fingerprint density at radius 1 is 1.19 bits per heavy atom. The highest BCUT2D eigenvalue weighted by Crippen LogP contribution is 2.64. The Balaban J connectivity index is 1.53. The number of piperazine rings is 1. The fraction of sp³-hybridized carbons (Fsp3) is 0.486. The number of carbonyl (C=O) groups is 3. The standard InChI is InChI=1S/C35H35F3N4O9S/c1-6-7-41-19-9-17-8-14(2)28(47-5)27(44)22(17)25(41)26-32-24-23(31-30(49-13-50-31)15(3)29(24)51-16(4)43)21(42(26)20(19)10-39)11-48-33(45)18(12-52-32)40-34(46)35(36,37)38/h6,8,18-21,25-26,32,44H,1,7,9,11-13H2,2-5H3,(H,40,46)/t18?,19-,20-,21+,25-,26?,32+/m0/s1. The smallest absolute Gasteiger partial charge is 0.471 e. The van der Waals surface area contributed by atoms with Crippen molar-refractivity contribution in [2.45, 2.75) is 74.9 Å². The van der Waals surface area contributed by atoms with E-state index in [9.17, 15) is 37.9 Å². The van der Waals surface area contributed by atoms with Crippen LogP contribution in [0.25, 0.3) is 0 Å². The third-order valence-corrected chi connectivity index (χ3v) is 11.8. The zero-order valence-electron chi connectivity index (χ0n) is 28.5. The number of halogens is 3. The highest BCUT2D eigenvalue weighted by atomic mass is 32.2. The zero-order valence-corrected chi connectivity index (χ0v) is 29.4. The summed E-state index contributed by atoms with van der Waals surface area (Å²) in [5.74, 6) is -3.60. The Bertz CT molecular complexity index is 1930. The van der Waals surface area contributed by atoms with Gasteiger partial charge in [0.15, 0.2) is 23.0 Å². The molecular formula is C35H35F3N4O9S. The van der Waals surface area contributed by atoms with Crippen LogP contribution in [0.15, 0.2) is 18.7 Å². The molecule has 13 nitrogen and oxygen atoms in total. The highest BCUT2D eigenvalue weighted by Gasteiger charge is 2.61. The topological polar surface area (TPSA) is 160 Å². The molecular weight excluding hydrogens is 709 g/mol. The van der Waals surface area contributed by atoms with Gasteiger partial charge in [-0.1, -0.05) is 12.1 Å². The fourth-order valence-corrected chi connectivity index (χ4v) is 10.1. The lowest BCUT2D eigenvalue weighted by Crippen LogP contribution is -2.70. The number of aryl methyl sites for hydroxylation is 1. The van der Waals surface area contributed by atoms with Gasteiger partial charge in [0.1, 0.15) is 24.4 Å². The lowest BCUT2D eigenvalue weighted by atomic mass is 9.71. The molecule has 0 spiro atoms. The summed E-state index contributed by atoms with van der Waals surface area (Å²) in [5.41, 5.74) is 3.30. The monoisotopic (exact) mass is 744 g/mol. The van der Waals surface area contributed by atoms with Gasteiger partial charge in [0.2, 0.25) is 6.79 Å². The number of phenolic OH excluding ortho intramolecular Hbond substituents is 1. The number of rotatable bonds is 5. The molecule has 7 rings (SSSR count). The number of nitrogens with zero attached hydrogens (tertiary/aromatic N) is 3. The molecule has 0 aliphatic carbocycles. The molecule has 2 saturated heterocycles. The van der Waals surface area contributed by atoms with E-state index in [1.54, 1.807) is 25.2 Å². The summed E-state index contributed by atoms with van der Waals surface area (Å²) in [6, 6.07) is -1.11. The second-order valence-corrected chi connectivity index (χ2v) is 14.4. The van der Waals surface area contributed by atoms with Gasteiger partial charge in [-0.05, 0) is 31.4 Å². The summed E-state index contributed by atoms with van der Waals surface area (Å²) in [7, 11) is 1.44. The van der Waals surface area contributed by atoms with Crippen molar-refractivity contribution < 1.29 is 56.3 Å². The Hall–Kier alpha value is -4.66. The maximum Gasteiger partial charge on any atom is 0.471 e. The van der Waals surface area contributed by atoms with Crippen LogP contribution in [0.1, 0.15) is 57.6 Å². The number of benzene rings is 2. The molecule has 1 amide bonds. The Labute approximate surface area is 300 Å². The summed E-state index contributed by atoms with van der Waals surface area (Å²) >= 11 is 1.03. The van der Waals surface area contributed by atoms with Crippen LogP contribution in [-0.4, -0.2) is 95.9 Å². The molecule has 5 heterocycles. The number of phenols is 1. The number of thioether (sulfide) groups is 1. The van der Waals surface area contributed by atoms with E-state index in [2.05, 4.69) is 17.5 Å². The van der Waals surface area contributed by atoms with Crippen LogP contribution in [0.5, 0.6) is 28.7 Å². The minimum atomic E-state index is -5.27. The van der Waals surface area contributed by atoms with Crippen LogP contribution < -0.4 is 24.3 Å². The average molecular weight is 745 g/mol. The number of hydrogen-bond donors (Lipinski definition) is 2. The number of fused-ring (bicyclic) bond motifs is 9. The molecule has 52 heavy (non-hydrogen) atoms. The van der Waals surface area contributed by atoms with E-state index in [0.717, 1.165) is 17.3 Å². The van der Waals surface area contributed by atoms with E-state index in [1.807, 2.05) is 11.0 Å². The quantitative estimate of drug-likeness (QED) is 0.259. The molecule has 0 aromatic heterocycles. The maximum atomic E-state index is 13.4. The van der Waals surface area contributed by atoms with Crippen molar-refractivity contribution in [1.82, 2.24) is 15.1 Å². The van der Waals surface area contributed by atoms with Crippen molar-refractivity contribution in [2.24, 2.45) is 0 Å². The maximum absolute atomic E-state index is 13.4. The molecule has 276 valence electrons. The SMILES string of the molecule is C=CCN1[C@H]2c3c(cc(C)c(OC)c3O)C[C@H]1[C@H](C#N)N1C2[C@@H]2SCC(NC(=O)C(F)(F)F)C(=O)OC[C@@H]1c1c3c(c(C)c(OC(C)=O)c12)OCO3. The molecule has 5 aliphatic rings. The number of nitrogens with one attached hydrogen (secondary N) is 1. The number of nitriles is 1. The van der Waals surface area contributed by atoms with E-state index >= 15 is 0 Å². The van der Waals surface area contributed by atoms with E-state index < -0.39 is 77.9 Å². The first-order chi connectivity index (χ1) is 24.7. The molecule has 2 fully saturated rings. The van der Waals surface area contributed by atoms with Gasteiger partial charge in [-0.2, -0.15) is 18.4 Å². The number of methoxy groups -OCH3 is 1. The molecule has 2 aromatic carbocycles. The van der Waals surface area contributed by atoms with Crippen LogP contribution in [0, 0.1) is 25.2 Å². The average Bonchev–Trinajstić information content (AvgIpc) is 3.57. The number of aromatic hydroxyl groups is 1. The van der Waals surface area contributed by atoms with Crippen LogP contribution in [0.2, 0.25) is 0 Å². The van der Waals surface area contributed by atoms with Crippen molar-refractivity contribution >= 4 is 29.6 Å². The number of amides is 1. The molecule has 5 aliphatic heterocycles. The van der Waals surface area contributed by atoms with Crippen molar-refractivity contribution in [2.75, 3.05) is 32.8 Å². The van der Waals surface area contributed by atoms with Gasteiger partial charge in [-0.15, -0.1) is 18.3 Å². The molecule has 2 unspecified atom stereocenters. The Kier molecular flexibility index (Phi) is 8.99. The van der Waals surface area contributed by atoms with Crippen molar-refractivity contribution in [3.8, 4) is 34.8 Å². The molecule has 2 aromatic rings. The van der Waals surface area contributed by atoms with Crippen LogP contribution in [-0.2, 0) is 25.5 Å². The predicted molar refractivity (Wildman–Crippen MR) is 177 cm³/mol. The van der Waals surface area contributed by atoms with Crippen molar-refractivity contribution in [3.05, 3.63) is 52.1 Å². The van der Waals surface area contributed by atoms with Crippen molar-refractivity contribution in [3.63, 3.8) is 0 Å². The summed E-state index contributed by atoms with van der Waals surface area (Å²) in [6.45, 7) is 8.31. The summed E-state index contributed by atoms with van der Waals surface area (Å²) < 4.78 is 69.5. The second-order valence-electron chi connectivity index (χ2n) is 13.2. The molecule has 4 bridgehead atoms. The van der Waals surface area contributed by atoms with Gasteiger partial charge in [0.05, 0.1) is 30.5 Å². The van der Waals surface area contributed by atoms with Gasteiger partial charge in [0, 0.05) is 53.6 Å². The summed E-state index contributed by atoms with van der Waals surface area (Å²) in [6.07, 6.45) is -3.23. The summed E-state index contributed by atoms with van der Waals surface area (Å²) in [4.78, 5) is 42.3. The molecule has 2 N–H and O–H groups in total. The lowest BCUT2D eigenvalue weighted by Gasteiger charge is -2.62. The molecule has 0 radical (unpaired) electrons. The van der Waals surface area contributed by atoms with Gasteiger partial charge < -0.3 is 34.1 Å². The summed E-state index contributed by atoms with van der Waals surface area (Å²) in [5, 5.41) is 23.8. The van der Waals surface area contributed by atoms with E-state index in [-0.39, 0.29) is 30.6 Å². The highest BCUT2D eigenvalue weighted by molar-refractivity contribution is 7.99. The van der Waals surface area contributed by atoms with Crippen LogP contribution >= 0.6 is 11.8 Å². The van der Waals surface area contributed by atoms with Gasteiger partial charge in [-0.25, -0.2) is 4.79 Å². The van der Waals surface area contributed by atoms with E-state index in [0.29, 0.717) is 45.7 Å². The number of alkyl halides is 3. The largest absolute Gasteiger partial charge is 0.504 e. The third-order valence-electron chi connectivity index (χ3n) is 10.4. The number of hydrogen-bond acceptors (Lipinski definition) is 13. The normalized spacial score (nSPS) is 27.7. The number of carbonyl (C=O) groups excluding carboxylic acids is 3. The Morgan fingerprint density at radius 2 is 1.92 bits per heavy atom. The van der Waals surface area contributed by atoms with Gasteiger partial charge in [0.25, 0.3) is 0 Å². The van der Waals surface area contributed by atoms with Gasteiger partial charge in [-0.3, -0.25) is 19.4 Å². The second kappa shape index (κ2) is 13.1. The minimum Gasteiger partial charge on any atom is -0.504 e. The number of cyclic esters (lactones) is 1. The third kappa shape index (κ3) is 5.41. The predicted octanol–water partition coefficient (Wildman–Crippen LogP) is 3.83. The number of esters is 2. The fourth-order valence-electron chi connectivity index (χ4n) is 8.56. The zero-order chi connectivity index (χ0) is 37.4. The number of ether oxygens (including phenoxy) is 5. The lowest BCUT2D eigenvalue weighted by molar-refractivity contribution is -0.176. The van der Waals surface area contributed by atoms with Crippen LogP contribution in [0.3, 0.4) is 0 Å². The molecule has 0 saturated carbocycles.